The average molecular weight is 242 g/mol. The molecule has 0 saturated carbocycles. The summed E-state index contributed by atoms with van der Waals surface area (Å²) in [6.45, 7) is 0. The molecule has 0 bridgehead atoms. The summed E-state index contributed by atoms with van der Waals surface area (Å²) in [6, 6.07) is 0. The van der Waals surface area contributed by atoms with Crippen molar-refractivity contribution < 1.29 is 34.2 Å². The fraction of sp³-hybridized carbons (Fsp3) is 0.333. The number of alkyl halides is 3. The lowest BCUT2D eigenvalue weighted by molar-refractivity contribution is -0.0509. The van der Waals surface area contributed by atoms with Gasteiger partial charge in [-0.25, -0.2) is 0 Å². The monoisotopic (exact) mass is 242 g/mol. The molecule has 0 saturated heterocycles. The highest BCUT2D eigenvalue weighted by molar-refractivity contribution is 7.87. The van der Waals surface area contributed by atoms with Crippen molar-refractivity contribution >= 4 is 18.7 Å². The van der Waals surface area contributed by atoms with E-state index in [0.717, 1.165) is 11.8 Å². The Kier molecular flexibility index (Phi) is 3.88. The number of hydrogen-bond acceptors (Lipinski definition) is 3. The molecule has 76 valence electrons. The summed E-state index contributed by atoms with van der Waals surface area (Å²) in [5.74, 6) is 0. The van der Waals surface area contributed by atoms with Gasteiger partial charge in [0, 0.05) is 5.66 Å². The Labute approximate surface area is 71.0 Å². The van der Waals surface area contributed by atoms with Crippen LogP contribution in [0.3, 0.4) is 0 Å². The third-order valence-corrected chi connectivity index (χ3v) is 1.70. The molecule has 0 amide bonds. The second-order valence-corrected chi connectivity index (χ2v) is 3.66. The minimum atomic E-state index is -5.89. The van der Waals surface area contributed by atoms with Gasteiger partial charge in [0.25, 0.3) is 0 Å². The maximum atomic E-state index is 11.4. The van der Waals surface area contributed by atoms with Gasteiger partial charge in [0.15, 0.2) is 0 Å². The van der Waals surface area contributed by atoms with E-state index in [2.05, 4.69) is 4.18 Å². The maximum Gasteiger partial charge on any atom is 0.535 e. The zero-order chi connectivity index (χ0) is 10.7. The van der Waals surface area contributed by atoms with Gasteiger partial charge in [-0.1, -0.05) is 0 Å². The van der Waals surface area contributed by atoms with Gasteiger partial charge in [-0.2, -0.15) is 30.0 Å². The first kappa shape index (κ1) is 12.4. The molecule has 0 atom stereocenters. The van der Waals surface area contributed by atoms with Crippen LogP contribution in [0.15, 0.2) is 0 Å². The Bertz CT molecular complexity index is 321. The maximum absolute atomic E-state index is 11.4. The van der Waals surface area contributed by atoms with Gasteiger partial charge in [-0.05, 0) is 0 Å². The van der Waals surface area contributed by atoms with Gasteiger partial charge in [0.2, 0.25) is 0 Å². The van der Waals surface area contributed by atoms with E-state index in [1.807, 2.05) is 0 Å². The fourth-order valence-electron chi connectivity index (χ4n) is 0.155. The summed E-state index contributed by atoms with van der Waals surface area (Å²) in [7, 11) is -9.70. The van der Waals surface area contributed by atoms with Crippen molar-refractivity contribution in [2.45, 2.75) is 5.51 Å². The minimum absolute atomic E-state index is 0.752. The predicted octanol–water partition coefficient (Wildman–Crippen LogP) is 2.02. The van der Waals surface area contributed by atoms with Crippen molar-refractivity contribution in [3.63, 3.8) is 0 Å². The molecule has 0 aliphatic carbocycles. The molecule has 0 N–H and O–H groups in total. The highest BCUT2D eigenvalue weighted by Gasteiger charge is 2.48. The van der Waals surface area contributed by atoms with E-state index in [1.165, 1.54) is 0 Å². The summed E-state index contributed by atoms with van der Waals surface area (Å²) in [5, 5.41) is 0. The molecule has 0 aromatic carbocycles. The quantitative estimate of drug-likeness (QED) is 0.232. The third kappa shape index (κ3) is 4.24. The molecular formula is C3F5O3PS. The van der Waals surface area contributed by atoms with E-state index in [9.17, 15) is 30.0 Å². The average Bonchev–Trinajstić information content (AvgIpc) is 1.82. The molecule has 0 aromatic rings. The van der Waals surface area contributed by atoms with Crippen LogP contribution < -0.4 is 0 Å². The van der Waals surface area contributed by atoms with Crippen LogP contribution in [0.25, 0.3) is 0 Å². The van der Waals surface area contributed by atoms with Crippen LogP contribution >= 0.6 is 8.54 Å². The first-order valence-corrected chi connectivity index (χ1v) is 4.82. The molecule has 0 radical (unpaired) electrons. The first-order chi connectivity index (χ1) is 5.67. The Hall–Kier alpha value is -0.610. The van der Waals surface area contributed by atoms with E-state index in [4.69, 9.17) is 0 Å². The standard InChI is InChI=1S/C3F5O3PS/c4-3(5,6)13(9,10)11-1-2-12(7)8. The summed E-state index contributed by atoms with van der Waals surface area (Å²) in [4.78, 5) is 0. The van der Waals surface area contributed by atoms with Crippen molar-refractivity contribution in [1.82, 2.24) is 0 Å². The summed E-state index contributed by atoms with van der Waals surface area (Å²) >= 11 is 0. The number of halogens is 5. The van der Waals surface area contributed by atoms with E-state index in [0.29, 0.717) is 0 Å². The molecule has 13 heavy (non-hydrogen) atoms. The van der Waals surface area contributed by atoms with Gasteiger partial charge in [0.1, 0.15) is 6.11 Å². The van der Waals surface area contributed by atoms with E-state index >= 15 is 0 Å². The van der Waals surface area contributed by atoms with Crippen LogP contribution in [-0.2, 0) is 14.3 Å². The second-order valence-electron chi connectivity index (χ2n) is 1.43. The van der Waals surface area contributed by atoms with Gasteiger partial charge in [-0.15, -0.1) is 0 Å². The lowest BCUT2D eigenvalue weighted by Crippen LogP contribution is -2.23. The normalized spacial score (nSPS) is 12.2. The summed E-state index contributed by atoms with van der Waals surface area (Å²) in [6.07, 6.45) is 0.752. The molecule has 0 fully saturated rings. The van der Waals surface area contributed by atoms with Crippen molar-refractivity contribution in [1.29, 1.82) is 0 Å². The molecule has 0 rings (SSSR count). The van der Waals surface area contributed by atoms with Crippen molar-refractivity contribution in [3.8, 4) is 11.8 Å². The largest absolute Gasteiger partial charge is 0.535 e. The summed E-state index contributed by atoms with van der Waals surface area (Å²) < 4.78 is 79.5. The first-order valence-electron chi connectivity index (χ1n) is 2.29. The lowest BCUT2D eigenvalue weighted by atomic mass is 11.3. The molecule has 0 spiro atoms. The van der Waals surface area contributed by atoms with Gasteiger partial charge in [0.05, 0.1) is 0 Å². The lowest BCUT2D eigenvalue weighted by Gasteiger charge is -2.02. The Morgan fingerprint density at radius 2 is 1.69 bits per heavy atom. The smallest absolute Gasteiger partial charge is 0.321 e. The zero-order valence-electron chi connectivity index (χ0n) is 5.47. The van der Waals surface area contributed by atoms with E-state index in [-0.39, 0.29) is 0 Å². The second kappa shape index (κ2) is 4.07. The minimum Gasteiger partial charge on any atom is -0.321 e. The van der Waals surface area contributed by atoms with Gasteiger partial charge >= 0.3 is 24.2 Å². The molecule has 3 nitrogen and oxygen atoms in total. The Morgan fingerprint density at radius 1 is 1.23 bits per heavy atom. The van der Waals surface area contributed by atoms with Crippen molar-refractivity contribution in [2.75, 3.05) is 0 Å². The molecule has 0 aliphatic heterocycles. The molecule has 10 heteroatoms. The van der Waals surface area contributed by atoms with Crippen LogP contribution in [0.1, 0.15) is 0 Å². The zero-order valence-corrected chi connectivity index (χ0v) is 7.18. The van der Waals surface area contributed by atoms with Crippen molar-refractivity contribution in [3.05, 3.63) is 0 Å². The Morgan fingerprint density at radius 3 is 2.00 bits per heavy atom. The van der Waals surface area contributed by atoms with Crippen LogP contribution in [0.2, 0.25) is 0 Å². The SMILES string of the molecule is O=S(=O)(OC#CP(F)F)C(F)(F)F. The molecule has 0 heterocycles. The van der Waals surface area contributed by atoms with Crippen LogP contribution in [0, 0.1) is 11.8 Å². The number of hydrogen-bond donors (Lipinski definition) is 0. The fourth-order valence-corrected chi connectivity index (χ4v) is 0.578. The molecule has 0 unspecified atom stereocenters. The Balaban J connectivity index is 4.51. The van der Waals surface area contributed by atoms with Crippen LogP contribution in [-0.4, -0.2) is 13.9 Å². The molecule has 0 aliphatic rings. The summed E-state index contributed by atoms with van der Waals surface area (Å²) in [5.41, 5.74) is -4.80. The predicted molar refractivity (Wildman–Crippen MR) is 33.0 cm³/mol. The van der Waals surface area contributed by atoms with Gasteiger partial charge < -0.3 is 4.18 Å². The third-order valence-electron chi connectivity index (χ3n) is 0.565. The molecule has 0 aromatic heterocycles. The van der Waals surface area contributed by atoms with Crippen molar-refractivity contribution in [2.24, 2.45) is 0 Å². The van der Waals surface area contributed by atoms with E-state index < -0.39 is 24.2 Å². The van der Waals surface area contributed by atoms with E-state index in [1.54, 1.807) is 0 Å². The van der Waals surface area contributed by atoms with Gasteiger partial charge in [-0.3, -0.25) is 0 Å². The number of rotatable bonds is 1. The molecular weight excluding hydrogens is 242 g/mol. The topological polar surface area (TPSA) is 43.4 Å². The van der Waals surface area contributed by atoms with Crippen LogP contribution in [0.5, 0.6) is 0 Å². The highest BCUT2D eigenvalue weighted by Crippen LogP contribution is 2.36. The highest BCUT2D eigenvalue weighted by atomic mass is 32.2. The van der Waals surface area contributed by atoms with Crippen LogP contribution in [0.4, 0.5) is 21.6 Å².